The first-order chi connectivity index (χ1) is 8.60. The molecule has 5 nitrogen and oxygen atoms in total. The van der Waals surface area contributed by atoms with Gasteiger partial charge in [0.1, 0.15) is 0 Å². The van der Waals surface area contributed by atoms with Crippen LogP contribution in [-0.2, 0) is 0 Å². The smallest absolute Gasteiger partial charge is 0.256 e. The summed E-state index contributed by atoms with van der Waals surface area (Å²) in [5.74, 6) is 4.65. The fraction of sp³-hybridized carbons (Fsp3) is 0.364. The molecule has 7 heteroatoms. The predicted molar refractivity (Wildman–Crippen MR) is 63.2 cm³/mol. The fourth-order valence-corrected chi connectivity index (χ4v) is 1.53. The van der Waals surface area contributed by atoms with Gasteiger partial charge in [0.2, 0.25) is 0 Å². The van der Waals surface area contributed by atoms with E-state index < -0.39 is 18.9 Å². The molecule has 0 saturated carbocycles. The van der Waals surface area contributed by atoms with Crippen LogP contribution < -0.4 is 11.3 Å². The molecule has 0 aromatic heterocycles. The number of nitrogen functional groups attached to an aromatic ring is 1. The molecule has 4 N–H and O–H groups in total. The molecule has 0 saturated heterocycles. The molecule has 0 aliphatic rings. The standard InChI is InChI=1S/C11H15F2N3O2/c12-10(13)7-16(5-6-17)11(18)8-3-1-2-4-9(8)15-14/h1-4,10,15,17H,5-7,14H2. The van der Waals surface area contributed by atoms with E-state index in [1.54, 1.807) is 18.2 Å². The average Bonchev–Trinajstić information content (AvgIpc) is 2.37. The summed E-state index contributed by atoms with van der Waals surface area (Å²) in [6, 6.07) is 6.31. The van der Waals surface area contributed by atoms with Crippen molar-refractivity contribution in [1.82, 2.24) is 4.90 Å². The Kier molecular flexibility index (Phi) is 5.47. The van der Waals surface area contributed by atoms with Gasteiger partial charge >= 0.3 is 0 Å². The van der Waals surface area contributed by atoms with Crippen LogP contribution in [0, 0.1) is 0 Å². The number of aliphatic hydroxyl groups excluding tert-OH is 1. The van der Waals surface area contributed by atoms with Crippen molar-refractivity contribution in [3.05, 3.63) is 29.8 Å². The van der Waals surface area contributed by atoms with Gasteiger partial charge < -0.3 is 15.4 Å². The summed E-state index contributed by atoms with van der Waals surface area (Å²) < 4.78 is 24.7. The zero-order valence-corrected chi connectivity index (χ0v) is 9.64. The number of carbonyl (C=O) groups excluding carboxylic acids is 1. The molecule has 0 radical (unpaired) electrons. The second kappa shape index (κ2) is 6.87. The average molecular weight is 259 g/mol. The van der Waals surface area contributed by atoms with Crippen molar-refractivity contribution in [2.24, 2.45) is 5.84 Å². The van der Waals surface area contributed by atoms with Crippen molar-refractivity contribution in [3.8, 4) is 0 Å². The lowest BCUT2D eigenvalue weighted by Gasteiger charge is -2.22. The lowest BCUT2D eigenvalue weighted by molar-refractivity contribution is 0.0510. The molecule has 18 heavy (non-hydrogen) atoms. The van der Waals surface area contributed by atoms with Gasteiger partial charge in [0, 0.05) is 6.54 Å². The number of benzene rings is 1. The van der Waals surface area contributed by atoms with Gasteiger partial charge in [-0.25, -0.2) is 8.78 Å². The highest BCUT2D eigenvalue weighted by molar-refractivity contribution is 5.99. The van der Waals surface area contributed by atoms with Crippen LogP contribution >= 0.6 is 0 Å². The molecule has 0 fully saturated rings. The summed E-state index contributed by atoms with van der Waals surface area (Å²) >= 11 is 0. The van der Waals surface area contributed by atoms with E-state index in [-0.39, 0.29) is 18.7 Å². The van der Waals surface area contributed by atoms with E-state index in [1.165, 1.54) is 6.07 Å². The lowest BCUT2D eigenvalue weighted by Crippen LogP contribution is -2.37. The maximum Gasteiger partial charge on any atom is 0.256 e. The van der Waals surface area contributed by atoms with Crippen LogP contribution in [0.5, 0.6) is 0 Å². The first-order valence-electron chi connectivity index (χ1n) is 5.34. The highest BCUT2D eigenvalue weighted by Gasteiger charge is 2.21. The van der Waals surface area contributed by atoms with Gasteiger partial charge in [0.15, 0.2) is 0 Å². The van der Waals surface area contributed by atoms with Crippen LogP contribution in [0.4, 0.5) is 14.5 Å². The first kappa shape index (κ1) is 14.3. The van der Waals surface area contributed by atoms with Gasteiger partial charge in [-0.3, -0.25) is 10.6 Å². The zero-order chi connectivity index (χ0) is 13.5. The topological polar surface area (TPSA) is 78.6 Å². The van der Waals surface area contributed by atoms with Gasteiger partial charge in [-0.15, -0.1) is 0 Å². The number of aliphatic hydroxyl groups is 1. The number of amides is 1. The van der Waals surface area contributed by atoms with Crippen LogP contribution in [0.3, 0.4) is 0 Å². The van der Waals surface area contributed by atoms with E-state index in [2.05, 4.69) is 5.43 Å². The maximum absolute atomic E-state index is 12.4. The zero-order valence-electron chi connectivity index (χ0n) is 9.64. The van der Waals surface area contributed by atoms with Crippen LogP contribution in [0.15, 0.2) is 24.3 Å². The number of hydrazine groups is 1. The number of hydrogen-bond acceptors (Lipinski definition) is 4. The highest BCUT2D eigenvalue weighted by Crippen LogP contribution is 2.16. The van der Waals surface area contributed by atoms with Crippen molar-refractivity contribution in [3.63, 3.8) is 0 Å². The summed E-state index contributed by atoms with van der Waals surface area (Å²) in [5.41, 5.74) is 2.87. The predicted octanol–water partition coefficient (Wildman–Crippen LogP) is 0.672. The minimum atomic E-state index is -2.65. The monoisotopic (exact) mass is 259 g/mol. The third kappa shape index (κ3) is 3.64. The van der Waals surface area contributed by atoms with Gasteiger partial charge in [0.25, 0.3) is 12.3 Å². The Balaban J connectivity index is 2.94. The van der Waals surface area contributed by atoms with Gasteiger partial charge in [-0.2, -0.15) is 0 Å². The third-order valence-electron chi connectivity index (χ3n) is 2.33. The van der Waals surface area contributed by atoms with Gasteiger partial charge in [0.05, 0.1) is 24.4 Å². The Morgan fingerprint density at radius 1 is 1.44 bits per heavy atom. The van der Waals surface area contributed by atoms with Crippen LogP contribution in [0.2, 0.25) is 0 Å². The second-order valence-electron chi connectivity index (χ2n) is 3.56. The Morgan fingerprint density at radius 2 is 2.11 bits per heavy atom. The highest BCUT2D eigenvalue weighted by atomic mass is 19.3. The molecule has 1 amide bonds. The number of hydrogen-bond donors (Lipinski definition) is 3. The maximum atomic E-state index is 12.4. The molecule has 1 aromatic carbocycles. The second-order valence-corrected chi connectivity index (χ2v) is 3.56. The summed E-state index contributed by atoms with van der Waals surface area (Å²) in [4.78, 5) is 12.9. The van der Waals surface area contributed by atoms with E-state index in [0.717, 1.165) is 4.90 Å². The normalized spacial score (nSPS) is 10.5. The number of halogens is 2. The molecule has 1 rings (SSSR count). The van der Waals surface area contributed by atoms with Gasteiger partial charge in [-0.05, 0) is 12.1 Å². The molecular formula is C11H15F2N3O2. The molecule has 100 valence electrons. The summed E-state index contributed by atoms with van der Waals surface area (Å²) in [6.07, 6.45) is -2.65. The minimum Gasteiger partial charge on any atom is -0.395 e. The van der Waals surface area contributed by atoms with E-state index in [4.69, 9.17) is 10.9 Å². The Bertz CT molecular complexity index is 402. The first-order valence-corrected chi connectivity index (χ1v) is 5.34. The molecule has 0 bridgehead atoms. The number of nitrogens with two attached hydrogens (primary N) is 1. The number of rotatable bonds is 6. The Labute approximate surface area is 103 Å². The van der Waals surface area contributed by atoms with Crippen LogP contribution in [-0.4, -0.2) is 42.0 Å². The number of nitrogens with zero attached hydrogens (tertiary/aromatic N) is 1. The fourth-order valence-electron chi connectivity index (χ4n) is 1.53. The number of alkyl halides is 2. The van der Waals surface area contributed by atoms with Crippen molar-refractivity contribution in [1.29, 1.82) is 0 Å². The molecule has 0 atom stereocenters. The van der Waals surface area contributed by atoms with Crippen LogP contribution in [0.25, 0.3) is 0 Å². The molecule has 0 spiro atoms. The van der Waals surface area contributed by atoms with Crippen molar-refractivity contribution < 1.29 is 18.7 Å². The molecule has 0 unspecified atom stereocenters. The third-order valence-corrected chi connectivity index (χ3v) is 2.33. The summed E-state index contributed by atoms with van der Waals surface area (Å²) in [6.45, 7) is -1.25. The van der Waals surface area contributed by atoms with Crippen molar-refractivity contribution in [2.45, 2.75) is 6.43 Å². The number of anilines is 1. The quantitative estimate of drug-likeness (QED) is 0.518. The molecule has 0 aliphatic heterocycles. The van der Waals surface area contributed by atoms with Crippen LogP contribution in [0.1, 0.15) is 10.4 Å². The lowest BCUT2D eigenvalue weighted by atomic mass is 10.1. The van der Waals surface area contributed by atoms with E-state index in [1.807, 2.05) is 0 Å². The number of carbonyl (C=O) groups is 1. The van der Waals surface area contributed by atoms with E-state index >= 15 is 0 Å². The minimum absolute atomic E-state index is 0.151. The SMILES string of the molecule is NNc1ccccc1C(=O)N(CCO)CC(F)F. The van der Waals surface area contributed by atoms with E-state index in [9.17, 15) is 13.6 Å². The largest absolute Gasteiger partial charge is 0.395 e. The molecule has 1 aromatic rings. The van der Waals surface area contributed by atoms with Crippen molar-refractivity contribution >= 4 is 11.6 Å². The number of para-hydroxylation sites is 1. The Morgan fingerprint density at radius 3 is 2.67 bits per heavy atom. The number of nitrogens with one attached hydrogen (secondary N) is 1. The summed E-state index contributed by atoms with van der Waals surface area (Å²) in [5, 5.41) is 8.79. The van der Waals surface area contributed by atoms with Crippen molar-refractivity contribution in [2.75, 3.05) is 25.1 Å². The molecular weight excluding hydrogens is 244 g/mol. The Hall–Kier alpha value is -1.73. The van der Waals surface area contributed by atoms with Gasteiger partial charge in [-0.1, -0.05) is 12.1 Å². The molecule has 0 aliphatic carbocycles. The van der Waals surface area contributed by atoms with E-state index in [0.29, 0.717) is 5.69 Å². The molecule has 0 heterocycles. The summed E-state index contributed by atoms with van der Waals surface area (Å²) in [7, 11) is 0.